The molecule has 0 bridgehead atoms. The van der Waals surface area contributed by atoms with Crippen LogP contribution in [0, 0.1) is 10.1 Å². The van der Waals surface area contributed by atoms with E-state index in [0.717, 1.165) is 6.20 Å². The largest absolute Gasteiger partial charge is 0.388 e. The summed E-state index contributed by atoms with van der Waals surface area (Å²) in [7, 11) is 0. The van der Waals surface area contributed by atoms with Crippen molar-refractivity contribution in [3.63, 3.8) is 0 Å². The van der Waals surface area contributed by atoms with Crippen LogP contribution < -0.4 is 11.1 Å². The van der Waals surface area contributed by atoms with Gasteiger partial charge in [0.2, 0.25) is 11.8 Å². The number of anilines is 2. The second-order valence-corrected chi connectivity index (χ2v) is 4.41. The predicted molar refractivity (Wildman–Crippen MR) is 66.6 cm³/mol. The first-order chi connectivity index (χ1) is 9.00. The molecule has 1 saturated heterocycles. The molecule has 104 valence electrons. The summed E-state index contributed by atoms with van der Waals surface area (Å²) in [6, 6.07) is 0. The Hall–Kier alpha value is -2.00. The van der Waals surface area contributed by atoms with Gasteiger partial charge in [0.25, 0.3) is 0 Å². The molecule has 0 unspecified atom stereocenters. The lowest BCUT2D eigenvalue weighted by Crippen LogP contribution is -2.42. The van der Waals surface area contributed by atoms with E-state index >= 15 is 0 Å². The first kappa shape index (κ1) is 13.4. The molecule has 2 rings (SSSR count). The van der Waals surface area contributed by atoms with Gasteiger partial charge in [0, 0.05) is 32.6 Å². The number of nitrogens with two attached hydrogens (primary N) is 1. The summed E-state index contributed by atoms with van der Waals surface area (Å²) in [5, 5.41) is 23.8. The third kappa shape index (κ3) is 3.26. The van der Waals surface area contributed by atoms with Crippen LogP contribution in [0.5, 0.6) is 0 Å². The van der Waals surface area contributed by atoms with Gasteiger partial charge in [0.05, 0.1) is 10.5 Å². The highest BCUT2D eigenvalue weighted by atomic mass is 16.6. The summed E-state index contributed by atoms with van der Waals surface area (Å²) in [5.74, 6) is -0.0514. The highest BCUT2D eigenvalue weighted by Gasteiger charge is 2.30. The molecule has 0 radical (unpaired) electrons. The molecular formula is C10H15N5O4. The van der Waals surface area contributed by atoms with Gasteiger partial charge in [0.1, 0.15) is 6.20 Å². The maximum atomic E-state index is 10.8. The van der Waals surface area contributed by atoms with Crippen LogP contribution in [0.3, 0.4) is 0 Å². The fourth-order valence-corrected chi connectivity index (χ4v) is 1.83. The van der Waals surface area contributed by atoms with Gasteiger partial charge in [-0.3, -0.25) is 10.1 Å². The molecule has 19 heavy (non-hydrogen) atoms. The number of hydrogen-bond acceptors (Lipinski definition) is 8. The summed E-state index contributed by atoms with van der Waals surface area (Å²) in [6.07, 6.45) is 1.97. The fraction of sp³-hybridized carbons (Fsp3) is 0.600. The highest BCUT2D eigenvalue weighted by Crippen LogP contribution is 2.25. The molecule has 1 aromatic heterocycles. The van der Waals surface area contributed by atoms with Gasteiger partial charge in [-0.15, -0.1) is 0 Å². The molecule has 0 saturated carbocycles. The lowest BCUT2D eigenvalue weighted by Gasteiger charge is -2.32. The number of nitrogens with one attached hydrogen (secondary N) is 1. The molecule has 9 heteroatoms. The Morgan fingerprint density at radius 1 is 1.58 bits per heavy atom. The third-order valence-electron chi connectivity index (χ3n) is 2.99. The van der Waals surface area contributed by atoms with Crippen molar-refractivity contribution in [1.82, 2.24) is 9.97 Å². The summed E-state index contributed by atoms with van der Waals surface area (Å²) in [5.41, 5.74) is 4.18. The first-order valence-electron chi connectivity index (χ1n) is 5.81. The van der Waals surface area contributed by atoms with Crippen molar-refractivity contribution in [3.8, 4) is 0 Å². The summed E-state index contributed by atoms with van der Waals surface area (Å²) >= 11 is 0. The smallest absolute Gasteiger partial charge is 0.329 e. The lowest BCUT2D eigenvalue weighted by atomic mass is 9.94. The number of ether oxygens (including phenoxy) is 1. The van der Waals surface area contributed by atoms with Crippen molar-refractivity contribution in [2.75, 3.05) is 30.8 Å². The van der Waals surface area contributed by atoms with Crippen LogP contribution in [-0.2, 0) is 4.74 Å². The van der Waals surface area contributed by atoms with Crippen LogP contribution in [0.25, 0.3) is 0 Å². The Bertz CT molecular complexity index is 475. The number of nitro groups is 1. The van der Waals surface area contributed by atoms with Crippen molar-refractivity contribution >= 4 is 17.5 Å². The van der Waals surface area contributed by atoms with Gasteiger partial charge in [-0.1, -0.05) is 0 Å². The summed E-state index contributed by atoms with van der Waals surface area (Å²) in [4.78, 5) is 17.6. The maximum Gasteiger partial charge on any atom is 0.329 e. The van der Waals surface area contributed by atoms with Gasteiger partial charge in [-0.25, -0.2) is 4.98 Å². The monoisotopic (exact) mass is 269 g/mol. The zero-order chi connectivity index (χ0) is 13.9. The maximum absolute atomic E-state index is 10.8. The van der Waals surface area contributed by atoms with Crippen molar-refractivity contribution < 1.29 is 14.8 Å². The van der Waals surface area contributed by atoms with Crippen molar-refractivity contribution in [2.45, 2.75) is 18.4 Å². The lowest BCUT2D eigenvalue weighted by molar-refractivity contribution is -0.384. The molecule has 2 heterocycles. The molecule has 1 fully saturated rings. The minimum absolute atomic E-state index is 0.0115. The molecule has 1 aromatic rings. The first-order valence-corrected chi connectivity index (χ1v) is 5.81. The molecule has 1 aliphatic rings. The van der Waals surface area contributed by atoms with Crippen LogP contribution in [0.15, 0.2) is 6.20 Å². The molecule has 9 nitrogen and oxygen atoms in total. The van der Waals surface area contributed by atoms with Gasteiger partial charge >= 0.3 is 5.69 Å². The predicted octanol–water partition coefficient (Wildman–Crippen LogP) is -0.0796. The zero-order valence-corrected chi connectivity index (χ0v) is 10.2. The molecule has 0 aliphatic carbocycles. The third-order valence-corrected chi connectivity index (χ3v) is 2.99. The Balaban J connectivity index is 2.10. The number of aliphatic hydroxyl groups is 1. The summed E-state index contributed by atoms with van der Waals surface area (Å²) in [6.45, 7) is 1.08. The number of nitrogens with zero attached hydrogens (tertiary/aromatic N) is 3. The Morgan fingerprint density at radius 2 is 2.26 bits per heavy atom. The second kappa shape index (κ2) is 5.33. The van der Waals surface area contributed by atoms with Crippen molar-refractivity contribution in [1.29, 1.82) is 0 Å². The molecule has 0 spiro atoms. The van der Waals surface area contributed by atoms with E-state index < -0.39 is 10.5 Å². The van der Waals surface area contributed by atoms with Crippen LogP contribution in [0.1, 0.15) is 12.8 Å². The van der Waals surface area contributed by atoms with E-state index in [1.54, 1.807) is 0 Å². The topological polar surface area (TPSA) is 136 Å². The van der Waals surface area contributed by atoms with E-state index in [-0.39, 0.29) is 24.0 Å². The van der Waals surface area contributed by atoms with E-state index in [4.69, 9.17) is 10.5 Å². The van der Waals surface area contributed by atoms with Crippen molar-refractivity contribution in [3.05, 3.63) is 16.3 Å². The van der Waals surface area contributed by atoms with Crippen LogP contribution in [0.2, 0.25) is 0 Å². The van der Waals surface area contributed by atoms with Crippen molar-refractivity contribution in [2.24, 2.45) is 0 Å². The van der Waals surface area contributed by atoms with E-state index in [1.165, 1.54) is 0 Å². The molecule has 0 atom stereocenters. The second-order valence-electron chi connectivity index (χ2n) is 4.41. The van der Waals surface area contributed by atoms with E-state index in [0.29, 0.717) is 26.1 Å². The molecular weight excluding hydrogens is 254 g/mol. The van der Waals surface area contributed by atoms with E-state index in [1.807, 2.05) is 0 Å². The van der Waals surface area contributed by atoms with E-state index in [9.17, 15) is 15.2 Å². The standard InChI is InChI=1S/C10H15N5O4/c11-9-12-5-7(15(17)18)8(14-9)13-6-10(16)1-3-19-4-2-10/h5,16H,1-4,6H2,(H3,11,12,13,14). The number of rotatable bonds is 4. The number of hydrogen-bond donors (Lipinski definition) is 3. The fourth-order valence-electron chi connectivity index (χ4n) is 1.83. The average molecular weight is 269 g/mol. The minimum Gasteiger partial charge on any atom is -0.388 e. The average Bonchev–Trinajstić information content (AvgIpc) is 2.37. The molecule has 0 aromatic carbocycles. The summed E-state index contributed by atoms with van der Waals surface area (Å²) < 4.78 is 5.16. The molecule has 0 amide bonds. The Labute approximate surface area is 109 Å². The minimum atomic E-state index is -0.953. The van der Waals surface area contributed by atoms with E-state index in [2.05, 4.69) is 15.3 Å². The number of aromatic nitrogens is 2. The SMILES string of the molecule is Nc1ncc([N+](=O)[O-])c(NCC2(O)CCOCC2)n1. The van der Waals surface area contributed by atoms with Gasteiger partial charge in [-0.05, 0) is 0 Å². The Kier molecular flexibility index (Phi) is 3.76. The van der Waals surface area contributed by atoms with Crippen LogP contribution in [-0.4, -0.2) is 45.4 Å². The Morgan fingerprint density at radius 3 is 2.89 bits per heavy atom. The van der Waals surface area contributed by atoms with Gasteiger partial charge in [-0.2, -0.15) is 4.98 Å². The normalized spacial score (nSPS) is 17.9. The molecule has 1 aliphatic heterocycles. The quantitative estimate of drug-likeness (QED) is 0.510. The molecule has 4 N–H and O–H groups in total. The highest BCUT2D eigenvalue weighted by molar-refractivity contribution is 5.56. The number of nitrogen functional groups attached to an aromatic ring is 1. The van der Waals surface area contributed by atoms with Gasteiger partial charge in [0.15, 0.2) is 0 Å². The van der Waals surface area contributed by atoms with Crippen LogP contribution in [0.4, 0.5) is 17.5 Å². The zero-order valence-electron chi connectivity index (χ0n) is 10.2. The van der Waals surface area contributed by atoms with Gasteiger partial charge < -0.3 is 20.9 Å². The van der Waals surface area contributed by atoms with Crippen LogP contribution >= 0.6 is 0 Å².